The van der Waals surface area contributed by atoms with Crippen molar-refractivity contribution in [2.45, 2.75) is 124 Å². The van der Waals surface area contributed by atoms with E-state index in [0.29, 0.717) is 32.5 Å². The first-order chi connectivity index (χ1) is 13.4. The van der Waals surface area contributed by atoms with Gasteiger partial charge in [0.25, 0.3) is 0 Å². The van der Waals surface area contributed by atoms with Gasteiger partial charge >= 0.3 is 12.3 Å². The van der Waals surface area contributed by atoms with Gasteiger partial charge in [-0.3, -0.25) is 0 Å². The second kappa shape index (κ2) is 13.3. The van der Waals surface area contributed by atoms with E-state index in [1.165, 1.54) is 12.8 Å². The van der Waals surface area contributed by atoms with Crippen LogP contribution in [0.4, 0.5) is 9.59 Å². The van der Waals surface area contributed by atoms with Gasteiger partial charge in [0, 0.05) is 0 Å². The molecule has 0 aliphatic rings. The summed E-state index contributed by atoms with van der Waals surface area (Å²) in [6.07, 6.45) is -1.10. The summed E-state index contributed by atoms with van der Waals surface area (Å²) in [6.45, 7) is 37.4. The molecule has 0 rings (SSSR count). The molecule has 0 spiro atoms. The molecule has 0 amide bonds. The Labute approximate surface area is 198 Å². The van der Waals surface area contributed by atoms with Crippen molar-refractivity contribution in [3.63, 3.8) is 0 Å². The van der Waals surface area contributed by atoms with E-state index in [-0.39, 0.29) is 0 Å². The van der Waals surface area contributed by atoms with Crippen LogP contribution in [0.15, 0.2) is 0 Å². The van der Waals surface area contributed by atoms with Gasteiger partial charge in [-0.1, -0.05) is 111 Å². The molecule has 32 heavy (non-hydrogen) atoms. The van der Waals surface area contributed by atoms with Crippen LogP contribution in [0.25, 0.3) is 0 Å². The number of carboxylic acid groups (broad SMARTS) is 4. The SMILES string of the molecule is CC(C)(C)CC(C)(C)C(C)(C)C.CC(C)(C)CC(C)(C)C(C)(C)C.O=C(O)O.O=C(O)O. The Morgan fingerprint density at radius 2 is 0.562 bits per heavy atom. The minimum absolute atomic E-state index is 0.403. The molecule has 0 unspecified atom stereocenters. The van der Waals surface area contributed by atoms with Crippen LogP contribution in [-0.2, 0) is 0 Å². The van der Waals surface area contributed by atoms with Crippen molar-refractivity contribution >= 4 is 12.3 Å². The van der Waals surface area contributed by atoms with E-state index < -0.39 is 12.3 Å². The number of hydrogen-bond donors (Lipinski definition) is 4. The Kier molecular flexibility index (Phi) is 15.7. The lowest BCUT2D eigenvalue weighted by atomic mass is 9.62. The normalized spacial score (nSPS) is 12.8. The summed E-state index contributed by atoms with van der Waals surface area (Å²) in [5, 5.41) is 27.9. The third-order valence-corrected chi connectivity index (χ3v) is 6.01. The molecule has 0 fully saturated rings. The minimum Gasteiger partial charge on any atom is -0.450 e. The van der Waals surface area contributed by atoms with Crippen LogP contribution in [0.2, 0.25) is 0 Å². The molecule has 0 aliphatic heterocycles. The predicted molar refractivity (Wildman–Crippen MR) is 136 cm³/mol. The molecule has 0 aromatic rings. The van der Waals surface area contributed by atoms with Crippen molar-refractivity contribution < 1.29 is 30.0 Å². The van der Waals surface area contributed by atoms with Gasteiger partial charge in [0.1, 0.15) is 0 Å². The van der Waals surface area contributed by atoms with Crippen molar-refractivity contribution in [2.24, 2.45) is 32.5 Å². The van der Waals surface area contributed by atoms with E-state index in [1.54, 1.807) is 0 Å². The van der Waals surface area contributed by atoms with Gasteiger partial charge in [-0.2, -0.15) is 0 Å². The van der Waals surface area contributed by atoms with E-state index >= 15 is 0 Å². The molecule has 0 aromatic heterocycles. The van der Waals surface area contributed by atoms with Gasteiger partial charge in [0.2, 0.25) is 0 Å². The highest BCUT2D eigenvalue weighted by molar-refractivity contribution is 5.53. The zero-order valence-corrected chi connectivity index (χ0v) is 24.0. The van der Waals surface area contributed by atoms with Crippen LogP contribution < -0.4 is 0 Å². The molecule has 0 saturated heterocycles. The van der Waals surface area contributed by atoms with Crippen molar-refractivity contribution in [2.75, 3.05) is 0 Å². The lowest BCUT2D eigenvalue weighted by Crippen LogP contribution is -2.33. The lowest BCUT2D eigenvalue weighted by molar-refractivity contribution is 0.0743. The van der Waals surface area contributed by atoms with Crippen LogP contribution in [0.5, 0.6) is 0 Å². The molecule has 196 valence electrons. The van der Waals surface area contributed by atoms with Crippen LogP contribution in [0.1, 0.15) is 124 Å². The quantitative estimate of drug-likeness (QED) is 0.323. The first-order valence-corrected chi connectivity index (χ1v) is 11.2. The molecule has 6 heteroatoms. The molecule has 0 aromatic carbocycles. The predicted octanol–water partition coefficient (Wildman–Crippen LogP) is 9.43. The standard InChI is InChI=1S/2C12H26.2CH2O3/c2*1-10(2,3)9-12(7,8)11(4,5)6;2*2-1(3)4/h2*9H2,1-8H3;2*(H2,2,3,4). The lowest BCUT2D eigenvalue weighted by Gasteiger charge is -2.43. The number of carbonyl (C=O) groups is 2. The summed E-state index contributed by atoms with van der Waals surface area (Å²) in [5.41, 5.74) is 2.53. The summed E-state index contributed by atoms with van der Waals surface area (Å²) in [5.74, 6) is 0. The van der Waals surface area contributed by atoms with Crippen molar-refractivity contribution in [3.05, 3.63) is 0 Å². The van der Waals surface area contributed by atoms with Gasteiger partial charge in [-0.05, 0) is 45.3 Å². The Bertz CT molecular complexity index is 475. The van der Waals surface area contributed by atoms with Crippen molar-refractivity contribution in [3.8, 4) is 0 Å². The van der Waals surface area contributed by atoms with Gasteiger partial charge < -0.3 is 20.4 Å². The first kappa shape index (κ1) is 37.8. The molecule has 0 saturated carbocycles. The zero-order valence-electron chi connectivity index (χ0n) is 24.0. The van der Waals surface area contributed by atoms with Crippen LogP contribution >= 0.6 is 0 Å². The van der Waals surface area contributed by atoms with Gasteiger partial charge in [-0.15, -0.1) is 0 Å². The number of hydrogen-bond acceptors (Lipinski definition) is 2. The second-order valence-electron chi connectivity index (χ2n) is 14.3. The maximum absolute atomic E-state index is 8.56. The Morgan fingerprint density at radius 1 is 0.438 bits per heavy atom. The first-order valence-electron chi connectivity index (χ1n) is 11.2. The van der Waals surface area contributed by atoms with Gasteiger partial charge in [0.05, 0.1) is 0 Å². The molecule has 4 N–H and O–H groups in total. The fourth-order valence-electron chi connectivity index (χ4n) is 3.18. The summed E-state index contributed by atoms with van der Waals surface area (Å²) >= 11 is 0. The third-order valence-electron chi connectivity index (χ3n) is 6.01. The summed E-state index contributed by atoms with van der Waals surface area (Å²) in [4.78, 5) is 17.1. The molecule has 0 atom stereocenters. The molecule has 0 heterocycles. The van der Waals surface area contributed by atoms with E-state index in [1.807, 2.05) is 0 Å². The maximum atomic E-state index is 8.56. The van der Waals surface area contributed by atoms with E-state index in [0.717, 1.165) is 0 Å². The fourth-order valence-corrected chi connectivity index (χ4v) is 3.18. The van der Waals surface area contributed by atoms with Crippen LogP contribution in [-0.4, -0.2) is 32.7 Å². The topological polar surface area (TPSA) is 115 Å². The monoisotopic (exact) mass is 464 g/mol. The summed E-state index contributed by atoms with van der Waals surface area (Å²) in [7, 11) is 0. The highest BCUT2D eigenvalue weighted by Crippen LogP contribution is 2.46. The fraction of sp³-hybridized carbons (Fsp3) is 0.923. The zero-order chi connectivity index (χ0) is 27.6. The minimum atomic E-state index is -1.83. The Morgan fingerprint density at radius 3 is 0.594 bits per heavy atom. The van der Waals surface area contributed by atoms with E-state index in [9.17, 15) is 0 Å². The molecule has 0 bridgehead atoms. The summed E-state index contributed by atoms with van der Waals surface area (Å²) < 4.78 is 0. The molecular formula is C26H56O6. The molecule has 6 nitrogen and oxygen atoms in total. The Balaban J connectivity index is -0.000000184. The maximum Gasteiger partial charge on any atom is 0.503 e. The average molecular weight is 465 g/mol. The van der Waals surface area contributed by atoms with E-state index in [2.05, 4.69) is 111 Å². The smallest absolute Gasteiger partial charge is 0.450 e. The van der Waals surface area contributed by atoms with Crippen LogP contribution in [0.3, 0.4) is 0 Å². The average Bonchev–Trinajstić information content (AvgIpc) is 2.28. The van der Waals surface area contributed by atoms with Crippen molar-refractivity contribution in [1.82, 2.24) is 0 Å². The molecule has 0 aliphatic carbocycles. The van der Waals surface area contributed by atoms with E-state index in [4.69, 9.17) is 30.0 Å². The third kappa shape index (κ3) is 26.6. The molecule has 0 radical (unpaired) electrons. The number of rotatable bonds is 2. The van der Waals surface area contributed by atoms with Crippen LogP contribution in [0, 0.1) is 32.5 Å². The highest BCUT2D eigenvalue weighted by Gasteiger charge is 2.36. The highest BCUT2D eigenvalue weighted by atomic mass is 16.6. The second-order valence-corrected chi connectivity index (χ2v) is 14.3. The van der Waals surface area contributed by atoms with Gasteiger partial charge in [0.15, 0.2) is 0 Å². The largest absolute Gasteiger partial charge is 0.503 e. The summed E-state index contributed by atoms with van der Waals surface area (Å²) in [6, 6.07) is 0. The Hall–Kier alpha value is -1.46. The van der Waals surface area contributed by atoms with Crippen molar-refractivity contribution in [1.29, 1.82) is 0 Å². The van der Waals surface area contributed by atoms with Gasteiger partial charge in [-0.25, -0.2) is 9.59 Å². The molecular weight excluding hydrogens is 408 g/mol.